The second-order valence-electron chi connectivity index (χ2n) is 4.78. The molecule has 1 atom stereocenters. The van der Waals surface area contributed by atoms with Crippen LogP contribution in [0.2, 0.25) is 0 Å². The molecule has 0 aromatic heterocycles. The summed E-state index contributed by atoms with van der Waals surface area (Å²) in [6.07, 6.45) is 1.61. The van der Waals surface area contributed by atoms with Crippen LogP contribution in [0.4, 0.5) is 0 Å². The molecule has 0 spiro atoms. The Hall–Kier alpha value is -1.36. The molecule has 1 aliphatic heterocycles. The highest BCUT2D eigenvalue weighted by molar-refractivity contribution is 9.09. The highest BCUT2D eigenvalue weighted by atomic mass is 79.9. The van der Waals surface area contributed by atoms with Gasteiger partial charge in [0.15, 0.2) is 0 Å². The van der Waals surface area contributed by atoms with Gasteiger partial charge in [0, 0.05) is 13.0 Å². The average molecular weight is 326 g/mol. The molecule has 1 aromatic rings. The Bertz CT molecular complexity index is 477. The SMILES string of the molecule is O=C(CBr)N1CCC[C@@]1(Cc1ccccc1)C(=O)O. The van der Waals surface area contributed by atoms with Crippen LogP contribution in [-0.2, 0) is 16.0 Å². The van der Waals surface area contributed by atoms with Crippen LogP contribution in [0.5, 0.6) is 0 Å². The van der Waals surface area contributed by atoms with Gasteiger partial charge >= 0.3 is 5.97 Å². The summed E-state index contributed by atoms with van der Waals surface area (Å²) >= 11 is 3.13. The van der Waals surface area contributed by atoms with Gasteiger partial charge in [-0.2, -0.15) is 0 Å². The largest absolute Gasteiger partial charge is 0.479 e. The minimum Gasteiger partial charge on any atom is -0.479 e. The molecule has 1 aliphatic rings. The van der Waals surface area contributed by atoms with E-state index in [1.54, 1.807) is 0 Å². The van der Waals surface area contributed by atoms with Crippen molar-refractivity contribution < 1.29 is 14.7 Å². The Morgan fingerprint density at radius 2 is 2.00 bits per heavy atom. The first-order chi connectivity index (χ1) is 9.10. The lowest BCUT2D eigenvalue weighted by Gasteiger charge is -2.34. The number of hydrogen-bond donors (Lipinski definition) is 1. The van der Waals surface area contributed by atoms with Crippen LogP contribution >= 0.6 is 15.9 Å². The zero-order valence-electron chi connectivity index (χ0n) is 10.5. The second-order valence-corrected chi connectivity index (χ2v) is 5.34. The molecule has 102 valence electrons. The van der Waals surface area contributed by atoms with Crippen molar-refractivity contribution in [2.24, 2.45) is 0 Å². The number of carbonyl (C=O) groups is 2. The van der Waals surface area contributed by atoms with Crippen LogP contribution in [0.3, 0.4) is 0 Å². The Labute approximate surface area is 120 Å². The first-order valence-electron chi connectivity index (χ1n) is 6.24. The number of benzene rings is 1. The fraction of sp³-hybridized carbons (Fsp3) is 0.429. The van der Waals surface area contributed by atoms with Gasteiger partial charge in [0.05, 0.1) is 5.33 Å². The van der Waals surface area contributed by atoms with Crippen molar-refractivity contribution in [3.63, 3.8) is 0 Å². The maximum Gasteiger partial charge on any atom is 0.329 e. The third-order valence-corrected chi connectivity index (χ3v) is 4.12. The number of nitrogens with zero attached hydrogens (tertiary/aromatic N) is 1. The minimum atomic E-state index is -1.09. The number of halogens is 1. The summed E-state index contributed by atoms with van der Waals surface area (Å²) in [5.41, 5.74) is -0.147. The number of carbonyl (C=O) groups excluding carboxylic acids is 1. The molecule has 0 aliphatic carbocycles. The van der Waals surface area contributed by atoms with Crippen LogP contribution < -0.4 is 0 Å². The maximum absolute atomic E-state index is 11.9. The van der Waals surface area contributed by atoms with Crippen molar-refractivity contribution in [2.75, 3.05) is 11.9 Å². The lowest BCUT2D eigenvalue weighted by molar-refractivity contribution is -0.155. The number of amides is 1. The topological polar surface area (TPSA) is 57.6 Å². The molecular weight excluding hydrogens is 310 g/mol. The average Bonchev–Trinajstić information content (AvgIpc) is 2.84. The Balaban J connectivity index is 2.32. The monoisotopic (exact) mass is 325 g/mol. The molecule has 1 N–H and O–H groups in total. The molecule has 1 aromatic carbocycles. The van der Waals surface area contributed by atoms with E-state index in [0.717, 1.165) is 12.0 Å². The van der Waals surface area contributed by atoms with Crippen molar-refractivity contribution in [3.05, 3.63) is 35.9 Å². The van der Waals surface area contributed by atoms with Gasteiger partial charge < -0.3 is 10.0 Å². The Kier molecular flexibility index (Phi) is 4.24. The molecule has 0 unspecified atom stereocenters. The van der Waals surface area contributed by atoms with Gasteiger partial charge in [0.2, 0.25) is 5.91 Å². The van der Waals surface area contributed by atoms with E-state index in [2.05, 4.69) is 15.9 Å². The minimum absolute atomic E-state index is 0.157. The number of hydrogen-bond acceptors (Lipinski definition) is 2. The molecule has 2 rings (SSSR count). The molecule has 0 radical (unpaired) electrons. The van der Waals surface area contributed by atoms with E-state index in [0.29, 0.717) is 19.4 Å². The zero-order valence-corrected chi connectivity index (χ0v) is 12.1. The van der Waals surface area contributed by atoms with E-state index in [-0.39, 0.29) is 11.2 Å². The Morgan fingerprint density at radius 3 is 2.58 bits per heavy atom. The van der Waals surface area contributed by atoms with Gasteiger partial charge in [0.1, 0.15) is 5.54 Å². The quantitative estimate of drug-likeness (QED) is 0.862. The van der Waals surface area contributed by atoms with Crippen molar-refractivity contribution >= 4 is 27.8 Å². The standard InChI is InChI=1S/C14H16BrNO3/c15-10-12(17)16-8-4-7-14(16,13(18)19)9-11-5-2-1-3-6-11/h1-3,5-6H,4,7-10H2,(H,18,19)/t14-/m1/s1. The van der Waals surface area contributed by atoms with Crippen molar-refractivity contribution in [1.29, 1.82) is 0 Å². The number of carboxylic acid groups (broad SMARTS) is 1. The lowest BCUT2D eigenvalue weighted by Crippen LogP contribution is -2.55. The zero-order chi connectivity index (χ0) is 13.9. The Morgan fingerprint density at radius 1 is 1.32 bits per heavy atom. The van der Waals surface area contributed by atoms with Gasteiger partial charge in [-0.05, 0) is 18.4 Å². The molecular formula is C14H16BrNO3. The molecule has 1 amide bonds. The van der Waals surface area contributed by atoms with Gasteiger partial charge in [-0.1, -0.05) is 46.3 Å². The van der Waals surface area contributed by atoms with Crippen LogP contribution in [-0.4, -0.2) is 39.3 Å². The van der Waals surface area contributed by atoms with Crippen LogP contribution in [0.1, 0.15) is 18.4 Å². The van der Waals surface area contributed by atoms with Gasteiger partial charge in [-0.15, -0.1) is 0 Å². The molecule has 0 bridgehead atoms. The fourth-order valence-electron chi connectivity index (χ4n) is 2.73. The molecule has 19 heavy (non-hydrogen) atoms. The highest BCUT2D eigenvalue weighted by Crippen LogP contribution is 2.33. The van der Waals surface area contributed by atoms with E-state index in [9.17, 15) is 14.7 Å². The summed E-state index contributed by atoms with van der Waals surface area (Å²) in [4.78, 5) is 25.2. The third-order valence-electron chi connectivity index (χ3n) is 3.64. The summed E-state index contributed by atoms with van der Waals surface area (Å²) < 4.78 is 0. The van der Waals surface area contributed by atoms with Crippen LogP contribution in [0, 0.1) is 0 Å². The summed E-state index contributed by atoms with van der Waals surface area (Å²) in [5, 5.41) is 9.79. The highest BCUT2D eigenvalue weighted by Gasteiger charge is 2.49. The third kappa shape index (κ3) is 2.66. The van der Waals surface area contributed by atoms with Crippen LogP contribution in [0.15, 0.2) is 30.3 Å². The fourth-order valence-corrected chi connectivity index (χ4v) is 3.03. The van der Waals surface area contributed by atoms with Crippen molar-refractivity contribution in [1.82, 2.24) is 4.90 Å². The normalized spacial score (nSPS) is 22.5. The molecule has 1 fully saturated rings. The maximum atomic E-state index is 11.9. The number of likely N-dealkylation sites (tertiary alicyclic amines) is 1. The summed E-state index contributed by atoms with van der Waals surface area (Å²) in [6.45, 7) is 0.517. The first-order valence-corrected chi connectivity index (χ1v) is 7.36. The predicted molar refractivity (Wildman–Crippen MR) is 75.3 cm³/mol. The van der Waals surface area contributed by atoms with Crippen molar-refractivity contribution in [3.8, 4) is 0 Å². The van der Waals surface area contributed by atoms with Gasteiger partial charge in [0.25, 0.3) is 0 Å². The summed E-state index contributed by atoms with van der Waals surface area (Å²) in [7, 11) is 0. The molecule has 5 heteroatoms. The van der Waals surface area contributed by atoms with Gasteiger partial charge in [-0.25, -0.2) is 4.79 Å². The lowest BCUT2D eigenvalue weighted by atomic mass is 9.88. The molecule has 0 saturated carbocycles. The van der Waals surface area contributed by atoms with E-state index in [4.69, 9.17) is 0 Å². The van der Waals surface area contributed by atoms with E-state index >= 15 is 0 Å². The van der Waals surface area contributed by atoms with E-state index < -0.39 is 11.5 Å². The molecule has 1 heterocycles. The summed E-state index contributed by atoms with van der Waals surface area (Å²) in [5.74, 6) is -1.07. The van der Waals surface area contributed by atoms with Gasteiger partial charge in [-0.3, -0.25) is 4.79 Å². The first kappa shape index (κ1) is 14.1. The smallest absolute Gasteiger partial charge is 0.329 e. The number of aliphatic carboxylic acids is 1. The van der Waals surface area contributed by atoms with E-state index in [1.165, 1.54) is 4.90 Å². The number of rotatable bonds is 4. The molecule has 1 saturated heterocycles. The van der Waals surface area contributed by atoms with Crippen molar-refractivity contribution in [2.45, 2.75) is 24.8 Å². The van der Waals surface area contributed by atoms with Crippen LogP contribution in [0.25, 0.3) is 0 Å². The molecule has 4 nitrogen and oxygen atoms in total. The predicted octanol–water partition coefficient (Wildman–Crippen LogP) is 2.07. The van der Waals surface area contributed by atoms with E-state index in [1.807, 2.05) is 30.3 Å². The number of alkyl halides is 1. The number of carboxylic acids is 1. The summed E-state index contributed by atoms with van der Waals surface area (Å²) in [6, 6.07) is 9.47. The second kappa shape index (κ2) is 5.74.